The van der Waals surface area contributed by atoms with Crippen LogP contribution >= 0.6 is 0 Å². The van der Waals surface area contributed by atoms with Crippen molar-refractivity contribution in [2.45, 2.75) is 78.2 Å². The van der Waals surface area contributed by atoms with Gasteiger partial charge in [0.1, 0.15) is 5.82 Å². The predicted octanol–water partition coefficient (Wildman–Crippen LogP) is 4.92. The summed E-state index contributed by atoms with van der Waals surface area (Å²) in [5.41, 5.74) is 8.55. The molecule has 0 bridgehead atoms. The third-order valence-corrected chi connectivity index (χ3v) is 3.72. The zero-order chi connectivity index (χ0) is 15.5. The van der Waals surface area contributed by atoms with Gasteiger partial charge in [-0.15, -0.1) is 0 Å². The molecule has 0 saturated carbocycles. The molecule has 114 valence electrons. The fourth-order valence-corrected chi connectivity index (χ4v) is 2.45. The Kier molecular flexibility index (Phi) is 5.76. The van der Waals surface area contributed by atoms with Gasteiger partial charge in [-0.1, -0.05) is 46.8 Å². The molecule has 0 saturated heterocycles. The first-order chi connectivity index (χ1) is 9.12. The van der Waals surface area contributed by atoms with Crippen LogP contribution in [0.15, 0.2) is 12.1 Å². The van der Waals surface area contributed by atoms with Crippen LogP contribution < -0.4 is 5.73 Å². The maximum Gasteiger partial charge on any atom is 0.130 e. The van der Waals surface area contributed by atoms with E-state index in [1.165, 1.54) is 5.56 Å². The zero-order valence-corrected chi connectivity index (χ0v) is 13.9. The molecule has 1 aromatic carbocycles. The summed E-state index contributed by atoms with van der Waals surface area (Å²) in [5.74, 6) is 0.188. The summed E-state index contributed by atoms with van der Waals surface area (Å²) < 4.78 is 14.6. The molecule has 2 N–H and O–H groups in total. The lowest BCUT2D eigenvalue weighted by Crippen LogP contribution is -2.17. The second-order valence-electron chi connectivity index (χ2n) is 7.32. The van der Waals surface area contributed by atoms with Gasteiger partial charge in [-0.2, -0.15) is 0 Å². The van der Waals surface area contributed by atoms with Crippen LogP contribution in [0.5, 0.6) is 0 Å². The Morgan fingerprint density at radius 2 is 1.75 bits per heavy atom. The number of hydrogen-bond acceptors (Lipinski definition) is 1. The molecule has 0 aliphatic rings. The van der Waals surface area contributed by atoms with E-state index in [0.717, 1.165) is 30.4 Å². The number of hydrogen-bond donors (Lipinski definition) is 1. The van der Waals surface area contributed by atoms with Crippen LogP contribution in [0.1, 0.15) is 77.0 Å². The van der Waals surface area contributed by atoms with E-state index in [-0.39, 0.29) is 23.2 Å². The van der Waals surface area contributed by atoms with Crippen molar-refractivity contribution in [3.05, 3.63) is 34.6 Å². The van der Waals surface area contributed by atoms with E-state index in [4.69, 9.17) is 5.73 Å². The van der Waals surface area contributed by atoms with Gasteiger partial charge in [0, 0.05) is 6.04 Å². The molecule has 0 spiro atoms. The molecular weight excluding hydrogens is 249 g/mol. The normalized spacial score (nSPS) is 13.8. The van der Waals surface area contributed by atoms with Gasteiger partial charge in [0.25, 0.3) is 0 Å². The van der Waals surface area contributed by atoms with Gasteiger partial charge in [0.15, 0.2) is 0 Å². The van der Waals surface area contributed by atoms with Crippen LogP contribution in [0.25, 0.3) is 0 Å². The Hall–Kier alpha value is -0.890. The molecule has 0 heterocycles. The quantitative estimate of drug-likeness (QED) is 0.813. The highest BCUT2D eigenvalue weighted by atomic mass is 19.1. The van der Waals surface area contributed by atoms with E-state index in [1.54, 1.807) is 0 Å². The second-order valence-corrected chi connectivity index (χ2v) is 7.32. The van der Waals surface area contributed by atoms with Crippen molar-refractivity contribution >= 4 is 0 Å². The SMILES string of the molecule is CC(C)c1cc(CCC[C@H](C)N)cc(C(C)(C)C)c1F. The van der Waals surface area contributed by atoms with Gasteiger partial charge in [-0.3, -0.25) is 0 Å². The lowest BCUT2D eigenvalue weighted by atomic mass is 9.82. The second kappa shape index (κ2) is 6.71. The molecular formula is C18H30FN. The van der Waals surface area contributed by atoms with Crippen LogP contribution in [0.3, 0.4) is 0 Å². The first-order valence-electron chi connectivity index (χ1n) is 7.71. The van der Waals surface area contributed by atoms with Gasteiger partial charge in [-0.25, -0.2) is 4.39 Å². The van der Waals surface area contributed by atoms with Crippen molar-refractivity contribution in [1.29, 1.82) is 0 Å². The average molecular weight is 279 g/mol. The van der Waals surface area contributed by atoms with Crippen LogP contribution in [0.2, 0.25) is 0 Å². The highest BCUT2D eigenvalue weighted by Crippen LogP contribution is 2.31. The third-order valence-electron chi connectivity index (χ3n) is 3.72. The summed E-state index contributed by atoms with van der Waals surface area (Å²) in [6.45, 7) is 12.3. The maximum atomic E-state index is 14.6. The molecule has 1 aromatic rings. The fraction of sp³-hybridized carbons (Fsp3) is 0.667. The number of nitrogens with two attached hydrogens (primary N) is 1. The third kappa shape index (κ3) is 4.59. The van der Waals surface area contributed by atoms with E-state index in [1.807, 2.05) is 19.1 Å². The smallest absolute Gasteiger partial charge is 0.130 e. The molecule has 0 fully saturated rings. The Morgan fingerprint density at radius 3 is 2.20 bits per heavy atom. The topological polar surface area (TPSA) is 26.0 Å². The lowest BCUT2D eigenvalue weighted by molar-refractivity contribution is 0.508. The van der Waals surface area contributed by atoms with Crippen LogP contribution in [-0.4, -0.2) is 6.04 Å². The molecule has 0 radical (unpaired) electrons. The minimum atomic E-state index is -0.162. The number of aryl methyl sites for hydroxylation is 1. The summed E-state index contributed by atoms with van der Waals surface area (Å²) in [6, 6.07) is 4.32. The van der Waals surface area contributed by atoms with Crippen molar-refractivity contribution in [3.8, 4) is 0 Å². The Morgan fingerprint density at radius 1 is 1.15 bits per heavy atom. The van der Waals surface area contributed by atoms with E-state index in [2.05, 4.69) is 34.6 Å². The van der Waals surface area contributed by atoms with Gasteiger partial charge in [0.2, 0.25) is 0 Å². The molecule has 1 rings (SSSR count). The van der Waals surface area contributed by atoms with Crippen molar-refractivity contribution in [2.75, 3.05) is 0 Å². The molecule has 0 aliphatic carbocycles. The summed E-state index contributed by atoms with van der Waals surface area (Å²) in [6.07, 6.45) is 3.05. The molecule has 1 nitrogen and oxygen atoms in total. The molecule has 1 atom stereocenters. The van der Waals surface area contributed by atoms with Gasteiger partial charge >= 0.3 is 0 Å². The van der Waals surface area contributed by atoms with E-state index in [9.17, 15) is 4.39 Å². The van der Waals surface area contributed by atoms with E-state index in [0.29, 0.717) is 0 Å². The summed E-state index contributed by atoms with van der Waals surface area (Å²) >= 11 is 0. The van der Waals surface area contributed by atoms with Crippen LogP contribution in [0, 0.1) is 5.82 Å². The monoisotopic (exact) mass is 279 g/mol. The fourth-order valence-electron chi connectivity index (χ4n) is 2.45. The molecule has 2 heteroatoms. The van der Waals surface area contributed by atoms with E-state index < -0.39 is 0 Å². The minimum Gasteiger partial charge on any atom is -0.328 e. The average Bonchev–Trinajstić information content (AvgIpc) is 2.28. The molecule has 0 aromatic heterocycles. The van der Waals surface area contributed by atoms with Gasteiger partial charge < -0.3 is 5.73 Å². The van der Waals surface area contributed by atoms with Crippen molar-refractivity contribution in [2.24, 2.45) is 5.73 Å². The van der Waals surface area contributed by atoms with Crippen molar-refractivity contribution < 1.29 is 4.39 Å². The largest absolute Gasteiger partial charge is 0.328 e. The van der Waals surface area contributed by atoms with Gasteiger partial charge in [0.05, 0.1) is 0 Å². The molecule has 0 unspecified atom stereocenters. The Bertz CT molecular complexity index is 441. The number of rotatable bonds is 5. The Labute approximate surface area is 123 Å². The molecule has 20 heavy (non-hydrogen) atoms. The number of halogens is 1. The lowest BCUT2D eigenvalue weighted by Gasteiger charge is -2.24. The van der Waals surface area contributed by atoms with E-state index >= 15 is 0 Å². The highest BCUT2D eigenvalue weighted by Gasteiger charge is 2.22. The maximum absolute atomic E-state index is 14.6. The predicted molar refractivity (Wildman–Crippen MR) is 85.8 cm³/mol. The highest BCUT2D eigenvalue weighted by molar-refractivity contribution is 5.37. The van der Waals surface area contributed by atoms with Crippen LogP contribution in [-0.2, 0) is 11.8 Å². The zero-order valence-electron chi connectivity index (χ0n) is 13.9. The summed E-state index contributed by atoms with van der Waals surface area (Å²) in [7, 11) is 0. The first-order valence-corrected chi connectivity index (χ1v) is 7.71. The molecule has 0 amide bonds. The van der Waals surface area contributed by atoms with Gasteiger partial charge in [-0.05, 0) is 54.2 Å². The van der Waals surface area contributed by atoms with Crippen molar-refractivity contribution in [3.63, 3.8) is 0 Å². The molecule has 0 aliphatic heterocycles. The summed E-state index contributed by atoms with van der Waals surface area (Å²) in [4.78, 5) is 0. The number of benzene rings is 1. The first kappa shape index (κ1) is 17.2. The van der Waals surface area contributed by atoms with Crippen LogP contribution in [0.4, 0.5) is 4.39 Å². The summed E-state index contributed by atoms with van der Waals surface area (Å²) in [5, 5.41) is 0. The minimum absolute atomic E-state index is 0.0246. The van der Waals surface area contributed by atoms with Crippen molar-refractivity contribution in [1.82, 2.24) is 0 Å². The standard InChI is InChI=1S/C18H30FN/c1-12(2)15-10-14(9-7-8-13(3)20)11-16(17(15)19)18(4,5)6/h10-13H,7-9,20H2,1-6H3/t13-/m0/s1. The Balaban J connectivity index is 3.10.